The van der Waals surface area contributed by atoms with Gasteiger partial charge in [-0.15, -0.1) is 0 Å². The number of benzene rings is 1. The molecule has 1 fully saturated rings. The summed E-state index contributed by atoms with van der Waals surface area (Å²) in [5.41, 5.74) is 9.34. The number of H-pyrrole nitrogens is 1. The Morgan fingerprint density at radius 1 is 1.25 bits per heavy atom. The summed E-state index contributed by atoms with van der Waals surface area (Å²) in [4.78, 5) is 15.0. The highest BCUT2D eigenvalue weighted by Crippen LogP contribution is 2.35. The number of nitrogens with one attached hydrogen (secondary N) is 1. The number of nitrogens with two attached hydrogens (primary N) is 1. The molecule has 4 nitrogen and oxygen atoms in total. The number of hydrogen-bond donors (Lipinski definition) is 2. The third kappa shape index (κ3) is 2.08. The van der Waals surface area contributed by atoms with Crippen molar-refractivity contribution in [1.29, 1.82) is 0 Å². The van der Waals surface area contributed by atoms with Gasteiger partial charge < -0.3 is 10.7 Å². The Labute approximate surface area is 119 Å². The molecule has 0 radical (unpaired) electrons. The number of rotatable bonds is 2. The molecule has 1 aromatic carbocycles. The first-order chi connectivity index (χ1) is 9.51. The van der Waals surface area contributed by atoms with Gasteiger partial charge in [0.05, 0.1) is 11.0 Å². The molecule has 0 bridgehead atoms. The monoisotopic (exact) mass is 273 g/mol. The zero-order valence-electron chi connectivity index (χ0n) is 12.3. The molecule has 0 aliphatic heterocycles. The second kappa shape index (κ2) is 4.77. The molecule has 0 spiro atoms. The lowest BCUT2D eigenvalue weighted by molar-refractivity contribution is 0.302. The summed E-state index contributed by atoms with van der Waals surface area (Å²) in [5.74, 6) is 0. The summed E-state index contributed by atoms with van der Waals surface area (Å²) in [6, 6.07) is 6.36. The van der Waals surface area contributed by atoms with Crippen molar-refractivity contribution in [1.82, 2.24) is 9.55 Å². The molecule has 1 heterocycles. The van der Waals surface area contributed by atoms with E-state index in [1.165, 1.54) is 19.3 Å². The quantitative estimate of drug-likeness (QED) is 0.883. The number of imidazole rings is 1. The van der Waals surface area contributed by atoms with E-state index in [9.17, 15) is 4.79 Å². The van der Waals surface area contributed by atoms with Gasteiger partial charge in [0.1, 0.15) is 0 Å². The van der Waals surface area contributed by atoms with Crippen LogP contribution < -0.4 is 11.4 Å². The van der Waals surface area contributed by atoms with E-state index < -0.39 is 0 Å². The maximum absolute atomic E-state index is 12.0. The third-order valence-electron chi connectivity index (χ3n) is 4.55. The van der Waals surface area contributed by atoms with Gasteiger partial charge in [-0.2, -0.15) is 0 Å². The van der Waals surface area contributed by atoms with E-state index >= 15 is 0 Å². The van der Waals surface area contributed by atoms with Gasteiger partial charge >= 0.3 is 5.69 Å². The average molecular weight is 273 g/mol. The Morgan fingerprint density at radius 3 is 2.60 bits per heavy atom. The summed E-state index contributed by atoms with van der Waals surface area (Å²) >= 11 is 0. The van der Waals surface area contributed by atoms with Crippen molar-refractivity contribution in [3.05, 3.63) is 34.2 Å². The molecule has 1 aliphatic rings. The molecule has 1 saturated carbocycles. The summed E-state index contributed by atoms with van der Waals surface area (Å²) in [6.07, 6.45) is 5.74. The molecule has 0 atom stereocenters. The second-order valence-electron chi connectivity index (χ2n) is 6.34. The molecule has 1 aromatic heterocycles. The second-order valence-corrected chi connectivity index (χ2v) is 6.34. The maximum atomic E-state index is 12.0. The van der Waals surface area contributed by atoms with Crippen LogP contribution in [0.2, 0.25) is 0 Å². The topological polar surface area (TPSA) is 63.8 Å². The molecule has 4 heteroatoms. The van der Waals surface area contributed by atoms with Gasteiger partial charge in [-0.25, -0.2) is 4.79 Å². The Bertz CT molecular complexity index is 675. The van der Waals surface area contributed by atoms with Gasteiger partial charge in [0.25, 0.3) is 0 Å². The van der Waals surface area contributed by atoms with Crippen LogP contribution in [0.15, 0.2) is 23.0 Å². The molecule has 0 saturated heterocycles. The smallest absolute Gasteiger partial charge is 0.321 e. The van der Waals surface area contributed by atoms with Gasteiger partial charge in [-0.3, -0.25) is 4.57 Å². The number of fused-ring (bicyclic) bond motifs is 1. The van der Waals surface area contributed by atoms with Gasteiger partial charge in [-0.05, 0) is 44.4 Å². The summed E-state index contributed by atoms with van der Waals surface area (Å²) in [7, 11) is 0. The van der Waals surface area contributed by atoms with Crippen molar-refractivity contribution in [2.75, 3.05) is 0 Å². The van der Waals surface area contributed by atoms with Crippen molar-refractivity contribution >= 4 is 11.0 Å². The average Bonchev–Trinajstić information content (AvgIpc) is 2.74. The van der Waals surface area contributed by atoms with Crippen molar-refractivity contribution < 1.29 is 0 Å². The zero-order valence-corrected chi connectivity index (χ0v) is 12.3. The predicted molar refractivity (Wildman–Crippen MR) is 81.9 cm³/mol. The van der Waals surface area contributed by atoms with Gasteiger partial charge in [0, 0.05) is 11.6 Å². The first-order valence-corrected chi connectivity index (χ1v) is 7.55. The van der Waals surface area contributed by atoms with Crippen molar-refractivity contribution in [2.45, 2.75) is 57.5 Å². The van der Waals surface area contributed by atoms with E-state index in [0.717, 1.165) is 29.4 Å². The van der Waals surface area contributed by atoms with Crippen LogP contribution in [0.5, 0.6) is 0 Å². The van der Waals surface area contributed by atoms with Crippen LogP contribution in [-0.2, 0) is 5.54 Å². The third-order valence-corrected chi connectivity index (χ3v) is 4.55. The highest BCUT2D eigenvalue weighted by molar-refractivity contribution is 5.76. The molecule has 1 aliphatic carbocycles. The normalized spacial score (nSPS) is 18.8. The minimum Gasteiger partial charge on any atom is -0.321 e. The van der Waals surface area contributed by atoms with E-state index in [4.69, 9.17) is 5.73 Å². The minimum atomic E-state index is -0.219. The van der Waals surface area contributed by atoms with E-state index in [-0.39, 0.29) is 17.3 Å². The summed E-state index contributed by atoms with van der Waals surface area (Å²) < 4.78 is 1.79. The molecule has 20 heavy (non-hydrogen) atoms. The molecule has 0 unspecified atom stereocenters. The van der Waals surface area contributed by atoms with Crippen LogP contribution in [0.25, 0.3) is 11.0 Å². The van der Waals surface area contributed by atoms with Crippen LogP contribution in [-0.4, -0.2) is 9.55 Å². The molecule has 108 valence electrons. The Balaban J connectivity index is 2.10. The SMILES string of the molecule is CC(C)n1c(=O)[nH]c2cc(C3(N)CCCCC3)ccc21. The standard InChI is InChI=1S/C16H23N3O/c1-11(2)19-14-7-6-12(10-13(14)18-15(19)20)16(17)8-4-3-5-9-16/h6-7,10-11H,3-5,8-9,17H2,1-2H3,(H,18,20). The van der Waals surface area contributed by atoms with Crippen molar-refractivity contribution in [3.63, 3.8) is 0 Å². The fraction of sp³-hybridized carbons (Fsp3) is 0.562. The molecule has 3 rings (SSSR count). The minimum absolute atomic E-state index is 0.0399. The first-order valence-electron chi connectivity index (χ1n) is 7.55. The lowest BCUT2D eigenvalue weighted by atomic mass is 9.77. The molecule has 3 N–H and O–H groups in total. The van der Waals surface area contributed by atoms with Crippen LogP contribution in [0.3, 0.4) is 0 Å². The van der Waals surface area contributed by atoms with Crippen LogP contribution in [0.4, 0.5) is 0 Å². The van der Waals surface area contributed by atoms with E-state index in [0.29, 0.717) is 0 Å². The predicted octanol–water partition coefficient (Wildman–Crippen LogP) is 3.03. The molecule has 2 aromatic rings. The van der Waals surface area contributed by atoms with Crippen molar-refractivity contribution in [2.24, 2.45) is 5.73 Å². The largest absolute Gasteiger partial charge is 0.326 e. The summed E-state index contributed by atoms with van der Waals surface area (Å²) in [5, 5.41) is 0. The maximum Gasteiger partial charge on any atom is 0.326 e. The molecule has 0 amide bonds. The van der Waals surface area contributed by atoms with E-state index in [1.807, 2.05) is 19.9 Å². The van der Waals surface area contributed by atoms with E-state index in [2.05, 4.69) is 17.1 Å². The zero-order chi connectivity index (χ0) is 14.3. The Morgan fingerprint density at radius 2 is 1.95 bits per heavy atom. The van der Waals surface area contributed by atoms with Gasteiger partial charge in [0.2, 0.25) is 0 Å². The number of aromatic nitrogens is 2. The molecular weight excluding hydrogens is 250 g/mol. The van der Waals surface area contributed by atoms with Crippen LogP contribution >= 0.6 is 0 Å². The fourth-order valence-electron chi connectivity index (χ4n) is 3.42. The van der Waals surface area contributed by atoms with Crippen LogP contribution in [0.1, 0.15) is 57.6 Å². The van der Waals surface area contributed by atoms with Gasteiger partial charge in [0.15, 0.2) is 0 Å². The highest BCUT2D eigenvalue weighted by atomic mass is 16.1. The Kier molecular flexibility index (Phi) is 3.21. The van der Waals surface area contributed by atoms with Crippen molar-refractivity contribution in [3.8, 4) is 0 Å². The lowest BCUT2D eigenvalue weighted by Gasteiger charge is -2.34. The first kappa shape index (κ1) is 13.4. The highest BCUT2D eigenvalue weighted by Gasteiger charge is 2.29. The lowest BCUT2D eigenvalue weighted by Crippen LogP contribution is -2.38. The fourth-order valence-corrected chi connectivity index (χ4v) is 3.42. The van der Waals surface area contributed by atoms with E-state index in [1.54, 1.807) is 4.57 Å². The number of hydrogen-bond acceptors (Lipinski definition) is 2. The number of nitrogens with zero attached hydrogens (tertiary/aromatic N) is 1. The Hall–Kier alpha value is -1.55. The number of aromatic amines is 1. The molecular formula is C16H23N3O. The van der Waals surface area contributed by atoms with Gasteiger partial charge in [-0.1, -0.05) is 25.3 Å². The van der Waals surface area contributed by atoms with Crippen LogP contribution in [0, 0.1) is 0 Å². The summed E-state index contributed by atoms with van der Waals surface area (Å²) in [6.45, 7) is 4.04.